The molecule has 2 rings (SSSR count). The van der Waals surface area contributed by atoms with Gasteiger partial charge in [-0.15, -0.1) is 0 Å². The summed E-state index contributed by atoms with van der Waals surface area (Å²) in [6, 6.07) is 3.43. The van der Waals surface area contributed by atoms with Gasteiger partial charge in [0.1, 0.15) is 17.8 Å². The number of hydrogen-bond donors (Lipinski definition) is 1. The molecule has 0 spiro atoms. The number of nitrogens with zero attached hydrogens (tertiary/aromatic N) is 1. The Kier molecular flexibility index (Phi) is 4.42. The molecule has 1 fully saturated rings. The number of carbonyl (C=O) groups excluding carboxylic acids is 1. The first-order valence-corrected chi connectivity index (χ1v) is 7.42. The van der Waals surface area contributed by atoms with Gasteiger partial charge in [-0.25, -0.2) is 8.78 Å². The summed E-state index contributed by atoms with van der Waals surface area (Å²) in [6.45, 7) is 2.11. The van der Waals surface area contributed by atoms with Crippen molar-refractivity contribution in [2.45, 2.75) is 19.1 Å². The van der Waals surface area contributed by atoms with E-state index in [4.69, 9.17) is 0 Å². The van der Waals surface area contributed by atoms with Crippen molar-refractivity contribution < 1.29 is 13.6 Å². The number of hydrogen-bond acceptors (Lipinski definition) is 3. The molecule has 1 aliphatic heterocycles. The second kappa shape index (κ2) is 5.88. The number of rotatable bonds is 4. The van der Waals surface area contributed by atoms with E-state index >= 15 is 0 Å². The third kappa shape index (κ3) is 2.90. The number of benzene rings is 1. The van der Waals surface area contributed by atoms with E-state index < -0.39 is 17.8 Å². The zero-order valence-electron chi connectivity index (χ0n) is 10.8. The van der Waals surface area contributed by atoms with Crippen molar-refractivity contribution in [2.75, 3.05) is 18.6 Å². The number of amides is 1. The largest absolute Gasteiger partial charge is 0.318 e. The minimum absolute atomic E-state index is 0.00745. The minimum Gasteiger partial charge on any atom is -0.318 e. The van der Waals surface area contributed by atoms with Crippen molar-refractivity contribution >= 4 is 17.7 Å². The molecule has 1 aromatic rings. The van der Waals surface area contributed by atoms with E-state index in [1.165, 1.54) is 12.1 Å². The molecule has 0 radical (unpaired) electrons. The summed E-state index contributed by atoms with van der Waals surface area (Å²) in [5.41, 5.74) is 0.306. The lowest BCUT2D eigenvalue weighted by atomic mass is 10.1. The highest BCUT2D eigenvalue weighted by Crippen LogP contribution is 2.28. The van der Waals surface area contributed by atoms with Gasteiger partial charge in [-0.05, 0) is 25.3 Å². The Morgan fingerprint density at radius 3 is 2.89 bits per heavy atom. The van der Waals surface area contributed by atoms with Gasteiger partial charge >= 0.3 is 0 Å². The van der Waals surface area contributed by atoms with Crippen molar-refractivity contribution in [3.05, 3.63) is 35.4 Å². The molecular formula is C13H16F2N2OS. The molecule has 1 saturated heterocycles. The first-order valence-electron chi connectivity index (χ1n) is 6.03. The first-order chi connectivity index (χ1) is 9.04. The molecule has 1 N–H and O–H groups in total. The van der Waals surface area contributed by atoms with E-state index in [1.54, 1.807) is 16.7 Å². The summed E-state index contributed by atoms with van der Waals surface area (Å²) >= 11 is 1.63. The Morgan fingerprint density at radius 2 is 2.26 bits per heavy atom. The maximum atomic E-state index is 13.8. The van der Waals surface area contributed by atoms with Crippen LogP contribution in [0.3, 0.4) is 0 Å². The van der Waals surface area contributed by atoms with Gasteiger partial charge in [0, 0.05) is 23.4 Å². The SMILES string of the molecule is CSCC(C)N1C(=O)CNC1c1ccc(F)cc1F. The van der Waals surface area contributed by atoms with Crippen LogP contribution in [0.4, 0.5) is 8.78 Å². The van der Waals surface area contributed by atoms with Crippen molar-refractivity contribution in [3.63, 3.8) is 0 Å². The molecule has 2 atom stereocenters. The molecule has 0 aliphatic carbocycles. The van der Waals surface area contributed by atoms with Gasteiger partial charge in [0.15, 0.2) is 0 Å². The second-order valence-electron chi connectivity index (χ2n) is 4.55. The molecule has 19 heavy (non-hydrogen) atoms. The molecule has 2 unspecified atom stereocenters. The minimum atomic E-state index is -0.631. The molecule has 6 heteroatoms. The monoisotopic (exact) mass is 286 g/mol. The fraction of sp³-hybridized carbons (Fsp3) is 0.462. The van der Waals surface area contributed by atoms with Gasteiger partial charge in [-0.2, -0.15) is 11.8 Å². The predicted octanol–water partition coefficient (Wildman–Crippen LogP) is 2.15. The Labute approximate surface area is 115 Å². The van der Waals surface area contributed by atoms with Crippen LogP contribution in [0.1, 0.15) is 18.7 Å². The third-order valence-electron chi connectivity index (χ3n) is 3.15. The average Bonchev–Trinajstić information content (AvgIpc) is 2.71. The van der Waals surface area contributed by atoms with E-state index in [9.17, 15) is 13.6 Å². The summed E-state index contributed by atoms with van der Waals surface area (Å²) in [7, 11) is 0. The predicted molar refractivity (Wildman–Crippen MR) is 71.8 cm³/mol. The van der Waals surface area contributed by atoms with Crippen molar-refractivity contribution in [1.29, 1.82) is 0 Å². The van der Waals surface area contributed by atoms with Crippen LogP contribution in [0.25, 0.3) is 0 Å². The van der Waals surface area contributed by atoms with Gasteiger partial charge in [0.05, 0.1) is 6.54 Å². The maximum Gasteiger partial charge on any atom is 0.238 e. The summed E-state index contributed by atoms with van der Waals surface area (Å²) in [5, 5.41) is 2.98. The maximum absolute atomic E-state index is 13.8. The zero-order chi connectivity index (χ0) is 14.0. The second-order valence-corrected chi connectivity index (χ2v) is 5.47. The molecular weight excluding hydrogens is 270 g/mol. The van der Waals surface area contributed by atoms with Crippen LogP contribution in [0.2, 0.25) is 0 Å². The van der Waals surface area contributed by atoms with E-state index in [0.717, 1.165) is 11.8 Å². The highest BCUT2D eigenvalue weighted by Gasteiger charge is 2.36. The summed E-state index contributed by atoms with van der Waals surface area (Å²) in [4.78, 5) is 13.5. The van der Waals surface area contributed by atoms with Gasteiger partial charge in [-0.1, -0.05) is 0 Å². The van der Waals surface area contributed by atoms with Crippen LogP contribution in [0.15, 0.2) is 18.2 Å². The summed E-state index contributed by atoms with van der Waals surface area (Å²) < 4.78 is 26.8. The standard InChI is InChI=1S/C13H16F2N2OS/c1-8(7-19-2)17-12(18)6-16-13(17)10-4-3-9(14)5-11(10)15/h3-5,8,13,16H,6-7H2,1-2H3. The quantitative estimate of drug-likeness (QED) is 0.920. The molecule has 1 aliphatic rings. The lowest BCUT2D eigenvalue weighted by Crippen LogP contribution is -2.39. The fourth-order valence-electron chi connectivity index (χ4n) is 2.32. The van der Waals surface area contributed by atoms with Crippen LogP contribution < -0.4 is 5.32 Å². The molecule has 3 nitrogen and oxygen atoms in total. The van der Waals surface area contributed by atoms with E-state index in [0.29, 0.717) is 5.56 Å². The van der Waals surface area contributed by atoms with Gasteiger partial charge < -0.3 is 4.90 Å². The molecule has 1 amide bonds. The van der Waals surface area contributed by atoms with Crippen molar-refractivity contribution in [1.82, 2.24) is 10.2 Å². The molecule has 0 saturated carbocycles. The Hall–Kier alpha value is -1.14. The lowest BCUT2D eigenvalue weighted by Gasteiger charge is -2.30. The highest BCUT2D eigenvalue weighted by molar-refractivity contribution is 7.98. The van der Waals surface area contributed by atoms with Gasteiger partial charge in [-0.3, -0.25) is 10.1 Å². The van der Waals surface area contributed by atoms with Gasteiger partial charge in [0.25, 0.3) is 0 Å². The Balaban J connectivity index is 2.29. The zero-order valence-corrected chi connectivity index (χ0v) is 11.6. The summed E-state index contributed by atoms with van der Waals surface area (Å²) in [6.07, 6.45) is 1.44. The van der Waals surface area contributed by atoms with Crippen LogP contribution in [-0.2, 0) is 4.79 Å². The third-order valence-corrected chi connectivity index (χ3v) is 3.97. The number of carbonyl (C=O) groups is 1. The molecule has 0 bridgehead atoms. The van der Waals surface area contributed by atoms with E-state index in [1.807, 2.05) is 13.2 Å². The van der Waals surface area contributed by atoms with Crippen LogP contribution in [-0.4, -0.2) is 35.4 Å². The fourth-order valence-corrected chi connectivity index (χ4v) is 2.97. The molecule has 104 valence electrons. The Morgan fingerprint density at radius 1 is 1.53 bits per heavy atom. The van der Waals surface area contributed by atoms with Crippen LogP contribution in [0, 0.1) is 11.6 Å². The number of nitrogens with one attached hydrogen (secondary N) is 1. The topological polar surface area (TPSA) is 32.3 Å². The summed E-state index contributed by atoms with van der Waals surface area (Å²) in [5.74, 6) is -0.537. The van der Waals surface area contributed by atoms with E-state index in [-0.39, 0.29) is 18.5 Å². The van der Waals surface area contributed by atoms with E-state index in [2.05, 4.69) is 5.32 Å². The molecule has 1 aromatic carbocycles. The van der Waals surface area contributed by atoms with Crippen molar-refractivity contribution in [3.8, 4) is 0 Å². The molecule has 0 aromatic heterocycles. The average molecular weight is 286 g/mol. The highest BCUT2D eigenvalue weighted by atomic mass is 32.2. The smallest absolute Gasteiger partial charge is 0.238 e. The Bertz CT molecular complexity index is 484. The van der Waals surface area contributed by atoms with Crippen molar-refractivity contribution in [2.24, 2.45) is 0 Å². The molecule has 1 heterocycles. The number of halogens is 2. The lowest BCUT2D eigenvalue weighted by molar-refractivity contribution is -0.129. The van der Waals surface area contributed by atoms with Crippen LogP contribution >= 0.6 is 11.8 Å². The van der Waals surface area contributed by atoms with Crippen LogP contribution in [0.5, 0.6) is 0 Å². The first kappa shape index (κ1) is 14.3. The normalized spacial score (nSPS) is 20.9. The van der Waals surface area contributed by atoms with Gasteiger partial charge in [0.2, 0.25) is 5.91 Å². The number of thioether (sulfide) groups is 1.